The Kier molecular flexibility index (Phi) is 5.90. The van der Waals surface area contributed by atoms with Crippen LogP contribution in [-0.4, -0.2) is 28.9 Å². The molecule has 1 aromatic heterocycles. The van der Waals surface area contributed by atoms with E-state index in [2.05, 4.69) is 0 Å². The number of rotatable bonds is 5. The van der Waals surface area contributed by atoms with Crippen LogP contribution in [-0.2, 0) is 0 Å². The maximum Gasteiger partial charge on any atom is 0.367 e. The number of benzene rings is 1. The second-order valence-electron chi connectivity index (χ2n) is 4.96. The van der Waals surface area contributed by atoms with Crippen LogP contribution in [0.25, 0.3) is 5.69 Å². The summed E-state index contributed by atoms with van der Waals surface area (Å²) < 4.78 is 1.19. The van der Waals surface area contributed by atoms with E-state index in [-0.39, 0.29) is 18.1 Å². The van der Waals surface area contributed by atoms with Crippen LogP contribution in [0.1, 0.15) is 0 Å². The lowest BCUT2D eigenvalue weighted by atomic mass is 10.2. The Morgan fingerprint density at radius 2 is 1.32 bits per heavy atom. The van der Waals surface area contributed by atoms with Crippen LogP contribution in [0.5, 0.6) is 0 Å². The minimum atomic E-state index is -0.913. The molecule has 0 spiro atoms. The number of hydrogen-bond donors (Lipinski definition) is 0. The zero-order valence-corrected chi connectivity index (χ0v) is 13.8. The van der Waals surface area contributed by atoms with Gasteiger partial charge in [0.05, 0.1) is 14.8 Å². The average molecular weight is 370 g/mol. The maximum absolute atomic E-state index is 11.3. The van der Waals surface area contributed by atoms with Crippen LogP contribution in [0.2, 0.25) is 0 Å². The topological polar surface area (TPSA) is 137 Å². The van der Waals surface area contributed by atoms with Gasteiger partial charge in [-0.15, -0.1) is 0 Å². The number of non-ortho nitro benzene ring substituents is 1. The summed E-state index contributed by atoms with van der Waals surface area (Å²) in [6.45, 7) is 0. The van der Waals surface area contributed by atoms with E-state index in [9.17, 15) is 30.3 Å². The second kappa shape index (κ2) is 7.49. The first kappa shape index (κ1) is 19.7. The molecule has 0 aliphatic heterocycles. The van der Waals surface area contributed by atoms with Crippen molar-refractivity contribution in [1.29, 1.82) is 0 Å². The normalized spacial score (nSPS) is 9.84. The lowest BCUT2D eigenvalue weighted by molar-refractivity contribution is -0.605. The molecule has 132 valence electrons. The van der Waals surface area contributed by atoms with Crippen molar-refractivity contribution in [3.8, 4) is 5.69 Å². The summed E-state index contributed by atoms with van der Waals surface area (Å²) in [4.78, 5) is 32.5. The van der Waals surface area contributed by atoms with E-state index in [4.69, 9.17) is 0 Å². The molecule has 2 rings (SSSR count). The Bertz CT molecular complexity index is 804. The van der Waals surface area contributed by atoms with E-state index in [1.54, 1.807) is 31.1 Å². The predicted molar refractivity (Wildman–Crippen MR) is 82.3 cm³/mol. The van der Waals surface area contributed by atoms with Crippen molar-refractivity contribution < 1.29 is 31.7 Å². The number of hydrogen-bond acceptors (Lipinski definition) is 7. The van der Waals surface area contributed by atoms with Crippen molar-refractivity contribution in [2.75, 3.05) is 19.0 Å². The van der Waals surface area contributed by atoms with Crippen LogP contribution < -0.4 is 21.9 Å². The first-order chi connectivity index (χ1) is 11.2. The standard InChI is InChI=1S/C13H12N5O6.ClH/c1-14(2)9-3-5-15(6-4-9)13-11(17(21)22)7-10(16(19)20)8-12(13)18(23)24;/h3-8H,1-2H3;1H/q+1;/p-1. The predicted octanol–water partition coefficient (Wildman–Crippen LogP) is -1.24. The molecule has 1 heterocycles. The SMILES string of the molecule is CN(C)c1cc[n+](-c2c([N+](=O)[O-])cc([N+](=O)[O-])cc2[N+](=O)[O-])cc1.[Cl-]. The third-order valence-corrected chi connectivity index (χ3v) is 3.25. The zero-order valence-electron chi connectivity index (χ0n) is 13.0. The molecule has 12 heteroatoms. The number of halogens is 1. The number of pyridine rings is 1. The highest BCUT2D eigenvalue weighted by molar-refractivity contribution is 5.66. The fraction of sp³-hybridized carbons (Fsp3) is 0.154. The van der Waals surface area contributed by atoms with Gasteiger partial charge in [0.1, 0.15) is 12.1 Å². The van der Waals surface area contributed by atoms with E-state index in [0.717, 1.165) is 5.69 Å². The van der Waals surface area contributed by atoms with Crippen LogP contribution >= 0.6 is 0 Å². The number of aromatic nitrogens is 1. The minimum Gasteiger partial charge on any atom is -1.00 e. The van der Waals surface area contributed by atoms with Crippen molar-refractivity contribution in [3.05, 3.63) is 67.0 Å². The third kappa shape index (κ3) is 3.95. The minimum absolute atomic E-state index is 0. The molecule has 0 bridgehead atoms. The Morgan fingerprint density at radius 1 is 0.880 bits per heavy atom. The van der Waals surface area contributed by atoms with Gasteiger partial charge >= 0.3 is 17.1 Å². The molecule has 25 heavy (non-hydrogen) atoms. The van der Waals surface area contributed by atoms with Crippen LogP contribution in [0.3, 0.4) is 0 Å². The van der Waals surface area contributed by atoms with Crippen molar-refractivity contribution in [2.24, 2.45) is 0 Å². The Hall–Kier alpha value is -3.34. The summed E-state index contributed by atoms with van der Waals surface area (Å²) in [6.07, 6.45) is 2.83. The van der Waals surface area contributed by atoms with Crippen LogP contribution in [0.4, 0.5) is 22.7 Å². The summed E-state index contributed by atoms with van der Waals surface area (Å²) in [6, 6.07) is 4.62. The summed E-state index contributed by atoms with van der Waals surface area (Å²) in [5.74, 6) is 0. The highest BCUT2D eigenvalue weighted by Crippen LogP contribution is 2.33. The van der Waals surface area contributed by atoms with Gasteiger partial charge in [-0.25, -0.2) is 0 Å². The smallest absolute Gasteiger partial charge is 0.367 e. The van der Waals surface area contributed by atoms with Crippen molar-refractivity contribution in [2.45, 2.75) is 0 Å². The van der Waals surface area contributed by atoms with Gasteiger partial charge in [0.15, 0.2) is 12.4 Å². The summed E-state index contributed by atoms with van der Waals surface area (Å²) >= 11 is 0. The molecule has 0 aliphatic carbocycles. The number of anilines is 1. The van der Waals surface area contributed by atoms with E-state index in [1.165, 1.54) is 17.0 Å². The molecule has 2 aromatic rings. The van der Waals surface area contributed by atoms with Crippen molar-refractivity contribution in [3.63, 3.8) is 0 Å². The van der Waals surface area contributed by atoms with E-state index in [1.807, 2.05) is 0 Å². The first-order valence-electron chi connectivity index (χ1n) is 6.52. The summed E-state index contributed by atoms with van der Waals surface area (Å²) in [5.41, 5.74) is -1.74. The quantitative estimate of drug-likeness (QED) is 0.365. The lowest BCUT2D eigenvalue weighted by Gasteiger charge is -2.10. The molecule has 0 unspecified atom stereocenters. The molecule has 11 nitrogen and oxygen atoms in total. The molecule has 0 N–H and O–H groups in total. The molecular formula is C13H12ClN5O6. The number of nitrogens with zero attached hydrogens (tertiary/aromatic N) is 5. The molecule has 0 saturated heterocycles. The monoisotopic (exact) mass is 369 g/mol. The summed E-state index contributed by atoms with van der Waals surface area (Å²) in [7, 11) is 3.58. The van der Waals surface area contributed by atoms with Gasteiger partial charge in [-0.05, 0) is 0 Å². The van der Waals surface area contributed by atoms with E-state index < -0.39 is 31.8 Å². The highest BCUT2D eigenvalue weighted by Gasteiger charge is 2.37. The summed E-state index contributed by atoms with van der Waals surface area (Å²) in [5, 5.41) is 33.4. The molecule has 0 aliphatic rings. The number of nitro benzene ring substituents is 3. The molecule has 0 fully saturated rings. The van der Waals surface area contributed by atoms with Gasteiger partial charge < -0.3 is 17.3 Å². The van der Waals surface area contributed by atoms with Gasteiger partial charge in [0, 0.05) is 31.9 Å². The number of nitro groups is 3. The lowest BCUT2D eigenvalue weighted by Crippen LogP contribution is -3.00. The molecule has 1 aromatic carbocycles. The molecular weight excluding hydrogens is 358 g/mol. The third-order valence-electron chi connectivity index (χ3n) is 3.25. The van der Waals surface area contributed by atoms with Gasteiger partial charge in [-0.2, -0.15) is 4.57 Å². The van der Waals surface area contributed by atoms with Gasteiger partial charge in [0.25, 0.3) is 5.69 Å². The first-order valence-corrected chi connectivity index (χ1v) is 6.52. The van der Waals surface area contributed by atoms with Crippen LogP contribution in [0.15, 0.2) is 36.7 Å². The van der Waals surface area contributed by atoms with E-state index >= 15 is 0 Å². The van der Waals surface area contributed by atoms with Crippen molar-refractivity contribution >= 4 is 22.7 Å². The van der Waals surface area contributed by atoms with E-state index in [0.29, 0.717) is 12.1 Å². The largest absolute Gasteiger partial charge is 1.00 e. The Balaban J connectivity index is 0.00000312. The van der Waals surface area contributed by atoms with Gasteiger partial charge in [-0.3, -0.25) is 30.3 Å². The van der Waals surface area contributed by atoms with Crippen molar-refractivity contribution in [1.82, 2.24) is 0 Å². The fourth-order valence-electron chi connectivity index (χ4n) is 2.10. The second-order valence-corrected chi connectivity index (χ2v) is 4.96. The molecule has 0 atom stereocenters. The average Bonchev–Trinajstić information content (AvgIpc) is 2.53. The molecule has 0 amide bonds. The maximum atomic E-state index is 11.3. The highest BCUT2D eigenvalue weighted by atomic mass is 35.5. The van der Waals surface area contributed by atoms with Gasteiger partial charge in [0.2, 0.25) is 0 Å². The Labute approximate surface area is 147 Å². The van der Waals surface area contributed by atoms with Crippen LogP contribution in [0, 0.1) is 30.3 Å². The molecule has 0 radical (unpaired) electrons. The zero-order chi connectivity index (χ0) is 18.0. The fourth-order valence-corrected chi connectivity index (χ4v) is 2.10. The van der Waals surface area contributed by atoms with Gasteiger partial charge in [-0.1, -0.05) is 0 Å². The molecule has 0 saturated carbocycles. The Morgan fingerprint density at radius 3 is 1.64 bits per heavy atom.